The van der Waals surface area contributed by atoms with Crippen LogP contribution in [0.1, 0.15) is 36.2 Å². The lowest BCUT2D eigenvalue weighted by Crippen LogP contribution is -2.48. The minimum Gasteiger partial charge on any atom is -0.480 e. The van der Waals surface area contributed by atoms with Gasteiger partial charge in [-0.2, -0.15) is 0 Å². The second-order valence-corrected chi connectivity index (χ2v) is 5.98. The summed E-state index contributed by atoms with van der Waals surface area (Å²) in [6.45, 7) is 5.12. The summed E-state index contributed by atoms with van der Waals surface area (Å²) in [5.41, 5.74) is 6.61. The molecule has 1 atom stereocenters. The van der Waals surface area contributed by atoms with Gasteiger partial charge < -0.3 is 10.1 Å². The van der Waals surface area contributed by atoms with Crippen molar-refractivity contribution in [3.63, 3.8) is 0 Å². The van der Waals surface area contributed by atoms with Gasteiger partial charge in [0.25, 0.3) is 11.8 Å². The maximum atomic E-state index is 12.3. The van der Waals surface area contributed by atoms with Gasteiger partial charge in [-0.1, -0.05) is 25.1 Å². The van der Waals surface area contributed by atoms with Gasteiger partial charge >= 0.3 is 0 Å². The second kappa shape index (κ2) is 9.38. The molecule has 2 aromatic carbocycles. The van der Waals surface area contributed by atoms with Crippen LogP contribution in [0.4, 0.5) is 5.69 Å². The zero-order chi connectivity index (χ0) is 19.8. The molecule has 0 radical (unpaired) electrons. The predicted octanol–water partition coefficient (Wildman–Crippen LogP) is 2.57. The molecule has 7 nitrogen and oxygen atoms in total. The van der Waals surface area contributed by atoms with E-state index in [2.05, 4.69) is 16.2 Å². The largest absolute Gasteiger partial charge is 0.480 e. The number of ether oxygens (including phenoxy) is 1. The normalized spacial score (nSPS) is 11.2. The molecule has 0 saturated heterocycles. The van der Waals surface area contributed by atoms with Crippen LogP contribution >= 0.6 is 0 Å². The summed E-state index contributed by atoms with van der Waals surface area (Å²) >= 11 is 0. The molecule has 27 heavy (non-hydrogen) atoms. The van der Waals surface area contributed by atoms with E-state index in [9.17, 15) is 14.4 Å². The molecule has 7 heteroatoms. The summed E-state index contributed by atoms with van der Waals surface area (Å²) in [5, 5.41) is 2.61. The molecule has 0 aliphatic rings. The van der Waals surface area contributed by atoms with Crippen LogP contribution in [0.15, 0.2) is 48.5 Å². The van der Waals surface area contributed by atoms with Gasteiger partial charge in [-0.25, -0.2) is 0 Å². The van der Waals surface area contributed by atoms with Crippen molar-refractivity contribution in [3.8, 4) is 5.75 Å². The number of amides is 3. The Kier molecular flexibility index (Phi) is 6.93. The second-order valence-electron chi connectivity index (χ2n) is 5.98. The standard InChI is InChI=1S/C20H23N3O4/c1-4-17(27-18-8-6-5-7-13(18)2)20(26)23-22-19(25)15-9-11-16(12-10-15)21-14(3)24/h5-12,17H,4H2,1-3H3,(H,21,24)(H,22,25)(H,23,26). The minimum atomic E-state index is -0.728. The molecule has 142 valence electrons. The first-order valence-electron chi connectivity index (χ1n) is 8.60. The average molecular weight is 369 g/mol. The number of hydrogen-bond donors (Lipinski definition) is 3. The Hall–Kier alpha value is -3.35. The maximum Gasteiger partial charge on any atom is 0.279 e. The summed E-state index contributed by atoms with van der Waals surface area (Å²) in [7, 11) is 0. The predicted molar refractivity (Wildman–Crippen MR) is 102 cm³/mol. The van der Waals surface area contributed by atoms with Crippen LogP contribution in [0.25, 0.3) is 0 Å². The van der Waals surface area contributed by atoms with Gasteiger partial charge in [-0.05, 0) is 49.2 Å². The van der Waals surface area contributed by atoms with Crippen LogP contribution in [-0.4, -0.2) is 23.8 Å². The molecule has 2 aromatic rings. The summed E-state index contributed by atoms with van der Waals surface area (Å²) in [4.78, 5) is 35.5. The van der Waals surface area contributed by atoms with Gasteiger partial charge in [0.15, 0.2) is 6.10 Å². The van der Waals surface area contributed by atoms with Gasteiger partial charge in [0.2, 0.25) is 5.91 Å². The quantitative estimate of drug-likeness (QED) is 0.682. The number of nitrogens with one attached hydrogen (secondary N) is 3. The lowest BCUT2D eigenvalue weighted by molar-refractivity contribution is -0.128. The molecule has 0 aliphatic carbocycles. The minimum absolute atomic E-state index is 0.196. The highest BCUT2D eigenvalue weighted by Gasteiger charge is 2.19. The number of para-hydroxylation sites is 1. The molecule has 2 rings (SSSR count). The maximum absolute atomic E-state index is 12.3. The molecular formula is C20H23N3O4. The first-order chi connectivity index (χ1) is 12.9. The van der Waals surface area contributed by atoms with Crippen molar-refractivity contribution in [1.29, 1.82) is 0 Å². The Labute approximate surface area is 158 Å². The van der Waals surface area contributed by atoms with Crippen LogP contribution in [0, 0.1) is 6.92 Å². The smallest absolute Gasteiger partial charge is 0.279 e. The number of anilines is 1. The molecule has 0 saturated carbocycles. The molecule has 0 fully saturated rings. The average Bonchev–Trinajstić information content (AvgIpc) is 2.65. The van der Waals surface area contributed by atoms with E-state index in [0.717, 1.165) is 5.56 Å². The van der Waals surface area contributed by atoms with Crippen LogP contribution in [0.2, 0.25) is 0 Å². The number of hydrazine groups is 1. The Balaban J connectivity index is 1.91. The van der Waals surface area contributed by atoms with E-state index in [1.165, 1.54) is 6.92 Å². The summed E-state index contributed by atoms with van der Waals surface area (Å²) in [6, 6.07) is 13.7. The lowest BCUT2D eigenvalue weighted by Gasteiger charge is -2.18. The van der Waals surface area contributed by atoms with Crippen molar-refractivity contribution in [2.45, 2.75) is 33.3 Å². The topological polar surface area (TPSA) is 96.5 Å². The van der Waals surface area contributed by atoms with Gasteiger partial charge in [0.1, 0.15) is 5.75 Å². The SMILES string of the molecule is CCC(Oc1ccccc1C)C(=O)NNC(=O)c1ccc(NC(C)=O)cc1. The Bertz CT molecular complexity index is 818. The van der Waals surface area contributed by atoms with E-state index >= 15 is 0 Å². The zero-order valence-electron chi connectivity index (χ0n) is 15.5. The molecule has 0 aliphatic heterocycles. The van der Waals surface area contributed by atoms with Crippen molar-refractivity contribution in [2.24, 2.45) is 0 Å². The molecular weight excluding hydrogens is 346 g/mol. The van der Waals surface area contributed by atoms with Crippen molar-refractivity contribution in [2.75, 3.05) is 5.32 Å². The summed E-state index contributed by atoms with van der Waals surface area (Å²) in [6.07, 6.45) is -0.282. The Morgan fingerprint density at radius 2 is 1.67 bits per heavy atom. The van der Waals surface area contributed by atoms with Crippen molar-refractivity contribution in [3.05, 3.63) is 59.7 Å². The van der Waals surface area contributed by atoms with E-state index in [0.29, 0.717) is 23.4 Å². The summed E-state index contributed by atoms with van der Waals surface area (Å²) < 4.78 is 5.74. The number of hydrogen-bond acceptors (Lipinski definition) is 4. The van der Waals surface area contributed by atoms with Crippen LogP contribution < -0.4 is 20.9 Å². The van der Waals surface area contributed by atoms with Gasteiger partial charge in [-0.15, -0.1) is 0 Å². The Morgan fingerprint density at radius 3 is 2.26 bits per heavy atom. The van der Waals surface area contributed by atoms with Crippen LogP contribution in [0.3, 0.4) is 0 Å². The van der Waals surface area contributed by atoms with Gasteiger partial charge in [0, 0.05) is 18.2 Å². The molecule has 1 unspecified atom stereocenters. The number of rotatable bonds is 6. The fraction of sp³-hybridized carbons (Fsp3) is 0.250. The highest BCUT2D eigenvalue weighted by Crippen LogP contribution is 2.18. The Morgan fingerprint density at radius 1 is 1.00 bits per heavy atom. The molecule has 0 heterocycles. The lowest BCUT2D eigenvalue weighted by atomic mass is 10.2. The first-order valence-corrected chi connectivity index (χ1v) is 8.60. The van der Waals surface area contributed by atoms with E-state index in [1.807, 2.05) is 32.0 Å². The van der Waals surface area contributed by atoms with Crippen molar-refractivity contribution in [1.82, 2.24) is 10.9 Å². The van der Waals surface area contributed by atoms with E-state index in [-0.39, 0.29) is 5.91 Å². The molecule has 3 N–H and O–H groups in total. The molecule has 0 bridgehead atoms. The van der Waals surface area contributed by atoms with E-state index in [4.69, 9.17) is 4.74 Å². The third-order valence-corrected chi connectivity index (χ3v) is 3.79. The third kappa shape index (κ3) is 5.85. The van der Waals surface area contributed by atoms with Gasteiger partial charge in [-0.3, -0.25) is 25.2 Å². The monoisotopic (exact) mass is 369 g/mol. The zero-order valence-corrected chi connectivity index (χ0v) is 15.5. The summed E-state index contributed by atoms with van der Waals surface area (Å²) in [5.74, 6) is -0.481. The number of carbonyl (C=O) groups excluding carboxylic acids is 3. The highest BCUT2D eigenvalue weighted by atomic mass is 16.5. The fourth-order valence-electron chi connectivity index (χ4n) is 2.34. The fourth-order valence-corrected chi connectivity index (χ4v) is 2.34. The molecule has 0 spiro atoms. The van der Waals surface area contributed by atoms with Crippen LogP contribution in [-0.2, 0) is 9.59 Å². The van der Waals surface area contributed by atoms with E-state index < -0.39 is 17.9 Å². The number of benzene rings is 2. The first kappa shape index (κ1) is 20.0. The highest BCUT2D eigenvalue weighted by molar-refractivity contribution is 5.96. The van der Waals surface area contributed by atoms with Crippen LogP contribution in [0.5, 0.6) is 5.75 Å². The molecule has 0 aromatic heterocycles. The van der Waals surface area contributed by atoms with E-state index in [1.54, 1.807) is 30.3 Å². The van der Waals surface area contributed by atoms with Crippen molar-refractivity contribution >= 4 is 23.4 Å². The third-order valence-electron chi connectivity index (χ3n) is 3.79. The molecule has 3 amide bonds. The van der Waals surface area contributed by atoms with Crippen molar-refractivity contribution < 1.29 is 19.1 Å². The van der Waals surface area contributed by atoms with Gasteiger partial charge in [0.05, 0.1) is 0 Å². The number of aryl methyl sites for hydroxylation is 1. The number of carbonyl (C=O) groups is 3.